The Labute approximate surface area is 139 Å². The Bertz CT molecular complexity index is 857. The van der Waals surface area contributed by atoms with E-state index in [-0.39, 0.29) is 23.7 Å². The van der Waals surface area contributed by atoms with Crippen LogP contribution in [0, 0.1) is 0 Å². The summed E-state index contributed by atoms with van der Waals surface area (Å²) in [6.07, 6.45) is 0. The molecule has 0 bridgehead atoms. The molecular formula is C20H16O4. The van der Waals surface area contributed by atoms with Crippen LogP contribution in [0.15, 0.2) is 72.8 Å². The van der Waals surface area contributed by atoms with Crippen LogP contribution in [0.5, 0.6) is 11.5 Å². The summed E-state index contributed by atoms with van der Waals surface area (Å²) in [5, 5.41) is 19.5. The summed E-state index contributed by atoms with van der Waals surface area (Å²) in [6.45, 7) is 0.163. The maximum Gasteiger partial charge on any atom is 0.338 e. The number of phenols is 2. The smallest absolute Gasteiger partial charge is 0.338 e. The Morgan fingerprint density at radius 2 is 1.54 bits per heavy atom. The standard InChI is InChI=1S/C20H16O4/c21-18-8-4-7-15(10-18)16-9-17(12-19(22)11-16)20(23)24-13-14-5-2-1-3-6-14/h1-12,21-22H,13H2. The number of rotatable bonds is 4. The number of esters is 1. The van der Waals surface area contributed by atoms with Gasteiger partial charge in [-0.2, -0.15) is 0 Å². The zero-order valence-electron chi connectivity index (χ0n) is 12.8. The highest BCUT2D eigenvalue weighted by molar-refractivity contribution is 5.91. The summed E-state index contributed by atoms with van der Waals surface area (Å²) >= 11 is 0. The fraction of sp³-hybridized carbons (Fsp3) is 0.0500. The Morgan fingerprint density at radius 1 is 0.792 bits per heavy atom. The van der Waals surface area contributed by atoms with Gasteiger partial charge in [0.1, 0.15) is 18.1 Å². The number of carbonyl (C=O) groups is 1. The van der Waals surface area contributed by atoms with Crippen LogP contribution in [0.2, 0.25) is 0 Å². The summed E-state index contributed by atoms with van der Waals surface area (Å²) in [7, 11) is 0. The van der Waals surface area contributed by atoms with Gasteiger partial charge in [0.2, 0.25) is 0 Å². The predicted molar refractivity (Wildman–Crippen MR) is 90.8 cm³/mol. The van der Waals surface area contributed by atoms with Gasteiger partial charge in [0.15, 0.2) is 0 Å². The van der Waals surface area contributed by atoms with Gasteiger partial charge in [-0.1, -0.05) is 42.5 Å². The van der Waals surface area contributed by atoms with Crippen molar-refractivity contribution in [1.29, 1.82) is 0 Å². The van der Waals surface area contributed by atoms with Crippen molar-refractivity contribution < 1.29 is 19.7 Å². The average molecular weight is 320 g/mol. The first kappa shape index (κ1) is 15.6. The van der Waals surface area contributed by atoms with Crippen molar-refractivity contribution in [3.05, 3.63) is 83.9 Å². The minimum atomic E-state index is -0.517. The molecule has 0 atom stereocenters. The molecule has 0 radical (unpaired) electrons. The van der Waals surface area contributed by atoms with E-state index < -0.39 is 5.97 Å². The molecule has 0 aromatic heterocycles. The van der Waals surface area contributed by atoms with E-state index in [4.69, 9.17) is 4.74 Å². The number of carbonyl (C=O) groups excluding carboxylic acids is 1. The third kappa shape index (κ3) is 3.73. The zero-order valence-corrected chi connectivity index (χ0v) is 12.8. The first-order chi connectivity index (χ1) is 11.6. The van der Waals surface area contributed by atoms with Gasteiger partial charge in [-0.15, -0.1) is 0 Å². The van der Waals surface area contributed by atoms with E-state index in [1.54, 1.807) is 30.3 Å². The van der Waals surface area contributed by atoms with Crippen LogP contribution >= 0.6 is 0 Å². The normalized spacial score (nSPS) is 10.3. The molecule has 0 heterocycles. The molecule has 0 amide bonds. The van der Waals surface area contributed by atoms with E-state index in [9.17, 15) is 15.0 Å². The molecular weight excluding hydrogens is 304 g/mol. The maximum atomic E-state index is 12.2. The minimum Gasteiger partial charge on any atom is -0.508 e. The number of benzene rings is 3. The number of hydrogen-bond donors (Lipinski definition) is 2. The summed E-state index contributed by atoms with van der Waals surface area (Å²) in [6, 6.07) is 20.5. The first-order valence-electron chi connectivity index (χ1n) is 7.46. The van der Waals surface area contributed by atoms with Gasteiger partial charge >= 0.3 is 5.97 Å². The van der Waals surface area contributed by atoms with Gasteiger partial charge in [0, 0.05) is 0 Å². The molecule has 0 unspecified atom stereocenters. The number of ether oxygens (including phenoxy) is 1. The first-order valence-corrected chi connectivity index (χ1v) is 7.46. The van der Waals surface area contributed by atoms with E-state index >= 15 is 0 Å². The van der Waals surface area contributed by atoms with Crippen LogP contribution < -0.4 is 0 Å². The summed E-state index contributed by atoms with van der Waals surface area (Å²) in [5.41, 5.74) is 2.46. The highest BCUT2D eigenvalue weighted by Gasteiger charge is 2.11. The molecule has 0 aliphatic heterocycles. The Morgan fingerprint density at radius 3 is 2.29 bits per heavy atom. The lowest BCUT2D eigenvalue weighted by Gasteiger charge is -2.08. The van der Waals surface area contributed by atoms with Crippen LogP contribution in [-0.4, -0.2) is 16.2 Å². The molecule has 0 spiro atoms. The monoisotopic (exact) mass is 320 g/mol. The van der Waals surface area contributed by atoms with E-state index in [0.717, 1.165) is 5.56 Å². The predicted octanol–water partition coefficient (Wildman–Crippen LogP) is 4.12. The van der Waals surface area contributed by atoms with Crippen molar-refractivity contribution in [1.82, 2.24) is 0 Å². The van der Waals surface area contributed by atoms with Crippen LogP contribution in [-0.2, 0) is 11.3 Å². The zero-order chi connectivity index (χ0) is 16.9. The molecule has 2 N–H and O–H groups in total. The average Bonchev–Trinajstić information content (AvgIpc) is 2.60. The summed E-state index contributed by atoms with van der Waals surface area (Å²) < 4.78 is 5.28. The van der Waals surface area contributed by atoms with E-state index in [1.807, 2.05) is 30.3 Å². The third-order valence-electron chi connectivity index (χ3n) is 3.55. The van der Waals surface area contributed by atoms with Crippen LogP contribution in [0.3, 0.4) is 0 Å². The van der Waals surface area contributed by atoms with Crippen molar-refractivity contribution >= 4 is 5.97 Å². The number of phenolic OH excluding ortho intramolecular Hbond substituents is 2. The van der Waals surface area contributed by atoms with Gasteiger partial charge in [-0.05, 0) is 47.0 Å². The van der Waals surface area contributed by atoms with E-state index in [0.29, 0.717) is 11.1 Å². The third-order valence-corrected chi connectivity index (χ3v) is 3.55. The van der Waals surface area contributed by atoms with Crippen LogP contribution in [0.25, 0.3) is 11.1 Å². The topological polar surface area (TPSA) is 66.8 Å². The van der Waals surface area contributed by atoms with Crippen molar-refractivity contribution in [2.75, 3.05) is 0 Å². The summed E-state index contributed by atoms with van der Waals surface area (Å²) in [4.78, 5) is 12.2. The van der Waals surface area contributed by atoms with E-state index in [1.165, 1.54) is 12.1 Å². The second-order valence-electron chi connectivity index (χ2n) is 5.38. The molecule has 3 rings (SSSR count). The molecule has 0 aliphatic carbocycles. The number of hydrogen-bond acceptors (Lipinski definition) is 4. The SMILES string of the molecule is O=C(OCc1ccccc1)c1cc(O)cc(-c2cccc(O)c2)c1. The molecule has 24 heavy (non-hydrogen) atoms. The fourth-order valence-electron chi connectivity index (χ4n) is 2.39. The lowest BCUT2D eigenvalue weighted by molar-refractivity contribution is 0.0472. The Balaban J connectivity index is 1.82. The van der Waals surface area contributed by atoms with Gasteiger partial charge < -0.3 is 14.9 Å². The quantitative estimate of drug-likeness (QED) is 0.710. The van der Waals surface area contributed by atoms with Crippen molar-refractivity contribution in [2.24, 2.45) is 0 Å². The second-order valence-corrected chi connectivity index (χ2v) is 5.38. The lowest BCUT2D eigenvalue weighted by atomic mass is 10.0. The Kier molecular flexibility index (Phi) is 4.47. The van der Waals surface area contributed by atoms with Gasteiger partial charge in [-0.25, -0.2) is 4.79 Å². The molecule has 0 saturated carbocycles. The Hall–Kier alpha value is -3.27. The highest BCUT2D eigenvalue weighted by Crippen LogP contribution is 2.28. The molecule has 0 fully saturated rings. The molecule has 3 aromatic rings. The van der Waals surface area contributed by atoms with Crippen LogP contribution in [0.1, 0.15) is 15.9 Å². The minimum absolute atomic E-state index is 0.0393. The highest BCUT2D eigenvalue weighted by atomic mass is 16.5. The fourth-order valence-corrected chi connectivity index (χ4v) is 2.39. The molecule has 0 saturated heterocycles. The van der Waals surface area contributed by atoms with Crippen molar-refractivity contribution in [3.63, 3.8) is 0 Å². The largest absolute Gasteiger partial charge is 0.508 e. The lowest BCUT2D eigenvalue weighted by Crippen LogP contribution is -2.05. The molecule has 0 aliphatic rings. The van der Waals surface area contributed by atoms with Crippen molar-refractivity contribution in [3.8, 4) is 22.6 Å². The molecule has 4 nitrogen and oxygen atoms in total. The van der Waals surface area contributed by atoms with E-state index in [2.05, 4.69) is 0 Å². The number of aromatic hydroxyl groups is 2. The summed E-state index contributed by atoms with van der Waals surface area (Å²) in [5.74, 6) is -0.442. The molecule has 120 valence electrons. The second kappa shape index (κ2) is 6.87. The van der Waals surface area contributed by atoms with Gasteiger partial charge in [-0.3, -0.25) is 0 Å². The molecule has 4 heteroatoms. The van der Waals surface area contributed by atoms with Crippen LogP contribution in [0.4, 0.5) is 0 Å². The van der Waals surface area contributed by atoms with Crippen molar-refractivity contribution in [2.45, 2.75) is 6.61 Å². The van der Waals surface area contributed by atoms with Gasteiger partial charge in [0.25, 0.3) is 0 Å². The van der Waals surface area contributed by atoms with Gasteiger partial charge in [0.05, 0.1) is 5.56 Å². The maximum absolute atomic E-state index is 12.2. The molecule has 3 aromatic carbocycles.